The summed E-state index contributed by atoms with van der Waals surface area (Å²) < 4.78 is 5.82. The van der Waals surface area contributed by atoms with Gasteiger partial charge in [-0.2, -0.15) is 0 Å². The zero-order chi connectivity index (χ0) is 16.7. The molecule has 0 spiro atoms. The molecular formula is C19H24N2O2. The lowest BCUT2D eigenvalue weighted by Gasteiger charge is -2.24. The highest BCUT2D eigenvalue weighted by Gasteiger charge is 2.18. The molecule has 23 heavy (non-hydrogen) atoms. The Morgan fingerprint density at radius 3 is 2.43 bits per heavy atom. The third-order valence-corrected chi connectivity index (χ3v) is 3.55. The first-order valence-electron chi connectivity index (χ1n) is 7.80. The van der Waals surface area contributed by atoms with E-state index >= 15 is 0 Å². The summed E-state index contributed by atoms with van der Waals surface area (Å²) in [7, 11) is 0. The van der Waals surface area contributed by atoms with Crippen LogP contribution in [0.1, 0.15) is 20.3 Å². The smallest absolute Gasteiger partial charge is 0.223 e. The highest BCUT2D eigenvalue weighted by Crippen LogP contribution is 2.29. The molecule has 0 bridgehead atoms. The summed E-state index contributed by atoms with van der Waals surface area (Å²) >= 11 is 0. The van der Waals surface area contributed by atoms with Crippen LogP contribution in [0.25, 0.3) is 11.1 Å². The highest BCUT2D eigenvalue weighted by molar-refractivity contribution is 5.77. The van der Waals surface area contributed by atoms with E-state index in [0.29, 0.717) is 19.6 Å². The zero-order valence-corrected chi connectivity index (χ0v) is 13.7. The second-order valence-electron chi connectivity index (χ2n) is 6.10. The molecule has 2 rings (SSSR count). The number of hydrogen-bond donors (Lipinski definition) is 2. The van der Waals surface area contributed by atoms with E-state index in [4.69, 9.17) is 10.5 Å². The van der Waals surface area contributed by atoms with Crippen LogP contribution in [-0.4, -0.2) is 24.6 Å². The van der Waals surface area contributed by atoms with Crippen LogP contribution >= 0.6 is 0 Å². The molecular weight excluding hydrogens is 288 g/mol. The molecule has 1 amide bonds. The van der Waals surface area contributed by atoms with Gasteiger partial charge < -0.3 is 15.8 Å². The van der Waals surface area contributed by atoms with Crippen LogP contribution in [0.3, 0.4) is 0 Å². The molecule has 0 radical (unpaired) electrons. The Morgan fingerprint density at radius 2 is 1.74 bits per heavy atom. The van der Waals surface area contributed by atoms with Crippen molar-refractivity contribution >= 4 is 5.91 Å². The third kappa shape index (κ3) is 5.11. The SMILES string of the molecule is CC(C)(CN)NC(=O)CCOc1ccccc1-c1ccccc1. The van der Waals surface area contributed by atoms with Crippen LogP contribution < -0.4 is 15.8 Å². The fraction of sp³-hybridized carbons (Fsp3) is 0.316. The number of para-hydroxylation sites is 1. The molecule has 0 fully saturated rings. The number of rotatable bonds is 7. The van der Waals surface area contributed by atoms with Gasteiger partial charge in [0.05, 0.1) is 13.0 Å². The second-order valence-corrected chi connectivity index (χ2v) is 6.10. The lowest BCUT2D eigenvalue weighted by Crippen LogP contribution is -2.49. The largest absolute Gasteiger partial charge is 0.492 e. The van der Waals surface area contributed by atoms with E-state index in [9.17, 15) is 4.79 Å². The monoisotopic (exact) mass is 312 g/mol. The van der Waals surface area contributed by atoms with Crippen LogP contribution in [0, 0.1) is 0 Å². The minimum atomic E-state index is -0.390. The molecule has 2 aromatic carbocycles. The molecule has 0 atom stereocenters. The van der Waals surface area contributed by atoms with E-state index in [2.05, 4.69) is 5.32 Å². The second kappa shape index (κ2) is 7.79. The van der Waals surface area contributed by atoms with Gasteiger partial charge in [-0.05, 0) is 25.5 Å². The minimum Gasteiger partial charge on any atom is -0.492 e. The lowest BCUT2D eigenvalue weighted by molar-refractivity contribution is -0.123. The number of benzene rings is 2. The van der Waals surface area contributed by atoms with Crippen LogP contribution in [0.5, 0.6) is 5.75 Å². The topological polar surface area (TPSA) is 64.3 Å². The van der Waals surface area contributed by atoms with Gasteiger partial charge in [0, 0.05) is 17.6 Å². The Hall–Kier alpha value is -2.33. The van der Waals surface area contributed by atoms with Crippen LogP contribution in [0.4, 0.5) is 0 Å². The van der Waals surface area contributed by atoms with Crippen molar-refractivity contribution in [2.75, 3.05) is 13.2 Å². The van der Waals surface area contributed by atoms with Crippen molar-refractivity contribution in [2.45, 2.75) is 25.8 Å². The maximum absolute atomic E-state index is 11.9. The van der Waals surface area contributed by atoms with E-state index in [1.165, 1.54) is 0 Å². The van der Waals surface area contributed by atoms with Crippen molar-refractivity contribution in [1.82, 2.24) is 5.32 Å². The summed E-state index contributed by atoms with van der Waals surface area (Å²) in [5.74, 6) is 0.724. The summed E-state index contributed by atoms with van der Waals surface area (Å²) in [6.07, 6.45) is 0.298. The van der Waals surface area contributed by atoms with Crippen LogP contribution in [0.15, 0.2) is 54.6 Å². The van der Waals surface area contributed by atoms with Gasteiger partial charge >= 0.3 is 0 Å². The number of hydrogen-bond acceptors (Lipinski definition) is 3. The molecule has 0 unspecified atom stereocenters. The number of ether oxygens (including phenoxy) is 1. The number of carbonyl (C=O) groups excluding carboxylic acids is 1. The van der Waals surface area contributed by atoms with E-state index in [1.54, 1.807) is 0 Å². The Bertz CT molecular complexity index is 639. The van der Waals surface area contributed by atoms with Gasteiger partial charge in [0.1, 0.15) is 5.75 Å². The molecule has 0 saturated heterocycles. The van der Waals surface area contributed by atoms with Gasteiger partial charge in [-0.1, -0.05) is 48.5 Å². The van der Waals surface area contributed by atoms with Crippen molar-refractivity contribution in [3.05, 3.63) is 54.6 Å². The maximum atomic E-state index is 11.9. The first kappa shape index (κ1) is 17.0. The average molecular weight is 312 g/mol. The standard InChI is InChI=1S/C19H24N2O2/c1-19(2,14-20)21-18(22)12-13-23-17-11-7-6-10-16(17)15-8-4-3-5-9-15/h3-11H,12-14,20H2,1-2H3,(H,21,22). The predicted molar refractivity (Wildman–Crippen MR) is 93.3 cm³/mol. The summed E-state index contributed by atoms with van der Waals surface area (Å²) in [6, 6.07) is 17.9. The first-order valence-corrected chi connectivity index (χ1v) is 7.80. The molecule has 122 valence electrons. The normalized spacial score (nSPS) is 11.1. The number of nitrogens with one attached hydrogen (secondary N) is 1. The van der Waals surface area contributed by atoms with Crippen LogP contribution in [-0.2, 0) is 4.79 Å². The molecule has 0 aromatic heterocycles. The Kier molecular flexibility index (Phi) is 5.77. The first-order chi connectivity index (χ1) is 11.0. The summed E-state index contributed by atoms with van der Waals surface area (Å²) in [5, 5.41) is 2.89. The van der Waals surface area contributed by atoms with E-state index < -0.39 is 0 Å². The number of amides is 1. The van der Waals surface area contributed by atoms with Crippen molar-refractivity contribution < 1.29 is 9.53 Å². The molecule has 0 saturated carbocycles. The Labute approximate surface area is 137 Å². The van der Waals surface area contributed by atoms with Crippen molar-refractivity contribution in [3.63, 3.8) is 0 Å². The molecule has 0 aliphatic rings. The van der Waals surface area contributed by atoms with Gasteiger partial charge in [0.15, 0.2) is 0 Å². The average Bonchev–Trinajstić information content (AvgIpc) is 2.56. The third-order valence-electron chi connectivity index (χ3n) is 3.55. The maximum Gasteiger partial charge on any atom is 0.223 e. The van der Waals surface area contributed by atoms with E-state index in [0.717, 1.165) is 16.9 Å². The molecule has 4 heteroatoms. The van der Waals surface area contributed by atoms with Gasteiger partial charge in [-0.25, -0.2) is 0 Å². The molecule has 4 nitrogen and oxygen atoms in total. The Balaban J connectivity index is 1.96. The van der Waals surface area contributed by atoms with Crippen LogP contribution in [0.2, 0.25) is 0 Å². The van der Waals surface area contributed by atoms with Gasteiger partial charge in [-0.3, -0.25) is 4.79 Å². The minimum absolute atomic E-state index is 0.0577. The van der Waals surface area contributed by atoms with Crippen molar-refractivity contribution in [2.24, 2.45) is 5.73 Å². The predicted octanol–water partition coefficient (Wildman–Crippen LogP) is 2.98. The van der Waals surface area contributed by atoms with E-state index in [-0.39, 0.29) is 11.4 Å². The van der Waals surface area contributed by atoms with Gasteiger partial charge in [-0.15, -0.1) is 0 Å². The zero-order valence-electron chi connectivity index (χ0n) is 13.7. The fourth-order valence-electron chi connectivity index (χ4n) is 2.19. The quantitative estimate of drug-likeness (QED) is 0.826. The van der Waals surface area contributed by atoms with Crippen molar-refractivity contribution in [3.8, 4) is 16.9 Å². The lowest BCUT2D eigenvalue weighted by atomic mass is 10.0. The molecule has 0 aliphatic carbocycles. The molecule has 2 aromatic rings. The van der Waals surface area contributed by atoms with Gasteiger partial charge in [0.25, 0.3) is 0 Å². The van der Waals surface area contributed by atoms with Crippen molar-refractivity contribution in [1.29, 1.82) is 0 Å². The van der Waals surface area contributed by atoms with E-state index in [1.807, 2.05) is 68.4 Å². The molecule has 3 N–H and O–H groups in total. The molecule has 0 heterocycles. The number of carbonyl (C=O) groups is 1. The molecule has 0 aliphatic heterocycles. The summed E-state index contributed by atoms with van der Waals surface area (Å²) in [6.45, 7) is 4.53. The summed E-state index contributed by atoms with van der Waals surface area (Å²) in [4.78, 5) is 11.9. The number of nitrogens with two attached hydrogens (primary N) is 1. The fourth-order valence-corrected chi connectivity index (χ4v) is 2.19. The Morgan fingerprint density at radius 1 is 1.09 bits per heavy atom. The highest BCUT2D eigenvalue weighted by atomic mass is 16.5. The summed E-state index contributed by atoms with van der Waals surface area (Å²) in [5.41, 5.74) is 7.34. The van der Waals surface area contributed by atoms with Gasteiger partial charge in [0.2, 0.25) is 5.91 Å².